The van der Waals surface area contributed by atoms with Crippen LogP contribution in [0.5, 0.6) is 5.75 Å². The molecule has 116 valence electrons. The van der Waals surface area contributed by atoms with Crippen LogP contribution in [0, 0.1) is 11.3 Å². The highest BCUT2D eigenvalue weighted by Gasteiger charge is 2.27. The quantitative estimate of drug-likeness (QED) is 0.567. The van der Waals surface area contributed by atoms with Crippen LogP contribution in [0.15, 0.2) is 48.0 Å². The maximum absolute atomic E-state index is 9.65. The molecule has 0 aliphatic heterocycles. The molecule has 0 amide bonds. The fraction of sp³-hybridized carbons (Fsp3) is 0.263. The number of thioether (sulfide) groups is 1. The second-order valence-electron chi connectivity index (χ2n) is 5.49. The molecule has 1 saturated carbocycles. The summed E-state index contributed by atoms with van der Waals surface area (Å²) >= 11 is 1.57. The Balaban J connectivity index is 2.10. The van der Waals surface area contributed by atoms with Crippen molar-refractivity contribution in [2.24, 2.45) is 0 Å². The van der Waals surface area contributed by atoms with Crippen LogP contribution in [0.2, 0.25) is 0 Å². The summed E-state index contributed by atoms with van der Waals surface area (Å²) in [6, 6.07) is 12.2. The number of aromatic nitrogens is 1. The molecule has 0 unspecified atom stereocenters. The molecule has 0 spiro atoms. The second kappa shape index (κ2) is 6.89. The molecule has 4 heteroatoms. The summed E-state index contributed by atoms with van der Waals surface area (Å²) in [4.78, 5) is 4.73. The average molecular weight is 322 g/mol. The number of benzene rings is 1. The average Bonchev–Trinajstić information content (AvgIpc) is 3.44. The highest BCUT2D eigenvalue weighted by Crippen LogP contribution is 2.42. The van der Waals surface area contributed by atoms with Crippen LogP contribution in [0.3, 0.4) is 0 Å². The molecule has 0 atom stereocenters. The van der Waals surface area contributed by atoms with E-state index in [0.717, 1.165) is 33.3 Å². The van der Waals surface area contributed by atoms with E-state index in [1.807, 2.05) is 30.3 Å². The van der Waals surface area contributed by atoms with Gasteiger partial charge in [0.05, 0.1) is 12.7 Å². The minimum absolute atomic E-state index is 0.544. The summed E-state index contributed by atoms with van der Waals surface area (Å²) in [6.07, 6.45) is 4.21. The van der Waals surface area contributed by atoms with Gasteiger partial charge in [-0.3, -0.25) is 0 Å². The molecule has 3 rings (SSSR count). The summed E-state index contributed by atoms with van der Waals surface area (Å²) in [5, 5.41) is 10.5. The third kappa shape index (κ3) is 3.40. The molecule has 0 saturated heterocycles. The third-order valence-corrected chi connectivity index (χ3v) is 4.82. The third-order valence-electron chi connectivity index (χ3n) is 3.85. The summed E-state index contributed by atoms with van der Waals surface area (Å²) in [6.45, 7) is 3.76. The fourth-order valence-corrected chi connectivity index (χ4v) is 3.22. The van der Waals surface area contributed by atoms with E-state index in [1.165, 1.54) is 12.8 Å². The van der Waals surface area contributed by atoms with Crippen molar-refractivity contribution in [2.75, 3.05) is 12.9 Å². The van der Waals surface area contributed by atoms with Gasteiger partial charge in [-0.1, -0.05) is 18.2 Å². The van der Waals surface area contributed by atoms with Gasteiger partial charge in [-0.15, -0.1) is 18.3 Å². The van der Waals surface area contributed by atoms with Gasteiger partial charge in [-0.2, -0.15) is 5.26 Å². The predicted octanol–water partition coefficient (Wildman–Crippen LogP) is 4.78. The zero-order valence-electron chi connectivity index (χ0n) is 13.1. The number of methoxy groups -OCH3 is 1. The van der Waals surface area contributed by atoms with Crippen molar-refractivity contribution in [2.45, 2.75) is 23.8 Å². The Bertz CT molecular complexity index is 758. The van der Waals surface area contributed by atoms with E-state index in [0.29, 0.717) is 11.5 Å². The van der Waals surface area contributed by atoms with E-state index in [1.54, 1.807) is 18.9 Å². The molecule has 0 radical (unpaired) electrons. The van der Waals surface area contributed by atoms with Gasteiger partial charge in [0, 0.05) is 22.9 Å². The van der Waals surface area contributed by atoms with Crippen molar-refractivity contribution in [1.82, 2.24) is 4.98 Å². The zero-order chi connectivity index (χ0) is 16.2. The summed E-state index contributed by atoms with van der Waals surface area (Å²) in [5.74, 6) is 2.10. The van der Waals surface area contributed by atoms with Gasteiger partial charge in [0.2, 0.25) is 0 Å². The van der Waals surface area contributed by atoms with Crippen LogP contribution >= 0.6 is 11.8 Å². The van der Waals surface area contributed by atoms with E-state index in [2.05, 4.69) is 18.7 Å². The van der Waals surface area contributed by atoms with Crippen molar-refractivity contribution in [3.8, 4) is 22.9 Å². The Morgan fingerprint density at radius 1 is 1.39 bits per heavy atom. The van der Waals surface area contributed by atoms with Crippen LogP contribution < -0.4 is 4.74 Å². The van der Waals surface area contributed by atoms with Gasteiger partial charge >= 0.3 is 0 Å². The molecule has 2 aromatic rings. The Morgan fingerprint density at radius 2 is 2.13 bits per heavy atom. The zero-order valence-corrected chi connectivity index (χ0v) is 13.9. The smallest absolute Gasteiger partial charge is 0.118 e. The monoisotopic (exact) mass is 322 g/mol. The lowest BCUT2D eigenvalue weighted by molar-refractivity contribution is 0.415. The largest absolute Gasteiger partial charge is 0.497 e. The van der Waals surface area contributed by atoms with Crippen molar-refractivity contribution in [1.29, 1.82) is 5.26 Å². The molecule has 1 aliphatic carbocycles. The molecule has 1 fully saturated rings. The summed E-state index contributed by atoms with van der Waals surface area (Å²) in [7, 11) is 1.65. The van der Waals surface area contributed by atoms with E-state index in [9.17, 15) is 5.26 Å². The number of ether oxygens (including phenoxy) is 1. The minimum Gasteiger partial charge on any atom is -0.497 e. The van der Waals surface area contributed by atoms with Gasteiger partial charge in [-0.05, 0) is 36.6 Å². The molecule has 1 heterocycles. The first-order valence-electron chi connectivity index (χ1n) is 7.60. The topological polar surface area (TPSA) is 45.9 Å². The Hall–Kier alpha value is -2.25. The maximum Gasteiger partial charge on any atom is 0.118 e. The lowest BCUT2D eigenvalue weighted by Gasteiger charge is -2.12. The number of pyridine rings is 1. The van der Waals surface area contributed by atoms with Crippen molar-refractivity contribution in [3.05, 3.63) is 54.2 Å². The summed E-state index contributed by atoms with van der Waals surface area (Å²) in [5.41, 5.74) is 3.72. The first kappa shape index (κ1) is 15.6. The standard InChI is InChI=1S/C19H18N2OS/c1-3-10-23-19-17(12-20)16(11-18(21-19)14-4-5-14)13-6-8-15(22-2)9-7-13/h3,6-9,11,14H,1,4-5,10H2,2H3. The first-order valence-corrected chi connectivity index (χ1v) is 8.58. The van der Waals surface area contributed by atoms with Gasteiger partial charge in [0.1, 0.15) is 16.8 Å². The van der Waals surface area contributed by atoms with Crippen LogP contribution in [0.1, 0.15) is 30.0 Å². The fourth-order valence-electron chi connectivity index (χ4n) is 2.48. The Kier molecular flexibility index (Phi) is 4.68. The van der Waals surface area contributed by atoms with E-state index >= 15 is 0 Å². The van der Waals surface area contributed by atoms with Gasteiger partial charge in [0.25, 0.3) is 0 Å². The van der Waals surface area contributed by atoms with Crippen molar-refractivity contribution in [3.63, 3.8) is 0 Å². The molecular formula is C19H18N2OS. The normalized spacial score (nSPS) is 13.4. The van der Waals surface area contributed by atoms with Gasteiger partial charge in [-0.25, -0.2) is 4.98 Å². The molecular weight excluding hydrogens is 304 g/mol. The summed E-state index contributed by atoms with van der Waals surface area (Å²) < 4.78 is 5.22. The highest BCUT2D eigenvalue weighted by atomic mass is 32.2. The molecule has 0 bridgehead atoms. The number of nitriles is 1. The van der Waals surface area contributed by atoms with Crippen molar-refractivity contribution >= 4 is 11.8 Å². The van der Waals surface area contributed by atoms with Crippen molar-refractivity contribution < 1.29 is 4.74 Å². The lowest BCUT2D eigenvalue weighted by atomic mass is 10.00. The lowest BCUT2D eigenvalue weighted by Crippen LogP contribution is -1.97. The molecule has 1 aromatic heterocycles. The number of rotatable bonds is 6. The molecule has 3 nitrogen and oxygen atoms in total. The number of nitrogens with zero attached hydrogens (tertiary/aromatic N) is 2. The molecule has 0 N–H and O–H groups in total. The Morgan fingerprint density at radius 3 is 2.70 bits per heavy atom. The van der Waals surface area contributed by atoms with Gasteiger partial charge in [0.15, 0.2) is 0 Å². The Labute approximate surface area is 141 Å². The first-order chi connectivity index (χ1) is 11.3. The molecule has 1 aromatic carbocycles. The minimum atomic E-state index is 0.544. The van der Waals surface area contributed by atoms with Gasteiger partial charge < -0.3 is 4.74 Å². The van der Waals surface area contributed by atoms with Crippen LogP contribution in [-0.2, 0) is 0 Å². The molecule has 23 heavy (non-hydrogen) atoms. The molecule has 1 aliphatic rings. The van der Waals surface area contributed by atoms with Crippen LogP contribution in [-0.4, -0.2) is 17.8 Å². The van der Waals surface area contributed by atoms with E-state index in [4.69, 9.17) is 9.72 Å². The number of hydrogen-bond acceptors (Lipinski definition) is 4. The van der Waals surface area contributed by atoms with E-state index < -0.39 is 0 Å². The predicted molar refractivity (Wildman–Crippen MR) is 93.8 cm³/mol. The SMILES string of the molecule is C=CCSc1nc(C2CC2)cc(-c2ccc(OC)cc2)c1C#N. The van der Waals surface area contributed by atoms with E-state index in [-0.39, 0.29) is 0 Å². The second-order valence-corrected chi connectivity index (χ2v) is 6.50. The maximum atomic E-state index is 9.65. The van der Waals surface area contributed by atoms with Crippen LogP contribution in [0.4, 0.5) is 0 Å². The number of hydrogen-bond donors (Lipinski definition) is 0. The highest BCUT2D eigenvalue weighted by molar-refractivity contribution is 7.99. The van der Waals surface area contributed by atoms with Crippen LogP contribution in [0.25, 0.3) is 11.1 Å².